The number of carbonyl (C=O) groups excluding carboxylic acids is 1. The third-order valence-electron chi connectivity index (χ3n) is 2.24. The van der Waals surface area contributed by atoms with Crippen LogP contribution in [0, 0.1) is 0 Å². The van der Waals surface area contributed by atoms with Crippen molar-refractivity contribution in [2.24, 2.45) is 0 Å². The summed E-state index contributed by atoms with van der Waals surface area (Å²) in [4.78, 5) is 12.5. The predicted molar refractivity (Wildman–Crippen MR) is 49.2 cm³/mol. The molecule has 1 N–H and O–H groups in total. The highest BCUT2D eigenvalue weighted by atomic mass is 19.1. The van der Waals surface area contributed by atoms with Crippen LogP contribution in [-0.4, -0.2) is 42.2 Å². The van der Waals surface area contributed by atoms with Gasteiger partial charge in [-0.2, -0.15) is 0 Å². The van der Waals surface area contributed by atoms with Gasteiger partial charge < -0.3 is 10.2 Å². The first-order chi connectivity index (χ1) is 6.00. The van der Waals surface area contributed by atoms with E-state index >= 15 is 0 Å². The zero-order valence-electron chi connectivity index (χ0n) is 8.38. The van der Waals surface area contributed by atoms with E-state index in [4.69, 9.17) is 0 Å². The lowest BCUT2D eigenvalue weighted by molar-refractivity contribution is -0.128. The van der Waals surface area contributed by atoms with Gasteiger partial charge in [0.1, 0.15) is 6.17 Å². The highest BCUT2D eigenvalue weighted by molar-refractivity contribution is 5.73. The lowest BCUT2D eigenvalue weighted by Crippen LogP contribution is -2.41. The van der Waals surface area contributed by atoms with Crippen LogP contribution in [-0.2, 0) is 4.79 Å². The maximum atomic E-state index is 13.3. The van der Waals surface area contributed by atoms with Crippen molar-refractivity contribution in [3.63, 3.8) is 0 Å². The van der Waals surface area contributed by atoms with E-state index in [1.165, 1.54) is 6.92 Å². The maximum absolute atomic E-state index is 13.3. The Labute approximate surface area is 78.3 Å². The van der Waals surface area contributed by atoms with E-state index in [-0.39, 0.29) is 24.5 Å². The summed E-state index contributed by atoms with van der Waals surface area (Å²) >= 11 is 0. The second-order valence-corrected chi connectivity index (χ2v) is 3.87. The van der Waals surface area contributed by atoms with E-state index < -0.39 is 6.17 Å². The smallest absolute Gasteiger partial charge is 0.219 e. The number of alkyl halides is 1. The Hall–Kier alpha value is -0.640. The third kappa shape index (κ3) is 2.66. The molecule has 0 radical (unpaired) electrons. The van der Waals surface area contributed by atoms with Gasteiger partial charge in [0.25, 0.3) is 0 Å². The summed E-state index contributed by atoms with van der Waals surface area (Å²) in [6, 6.07) is 0.0686. The Morgan fingerprint density at radius 1 is 1.54 bits per heavy atom. The second-order valence-electron chi connectivity index (χ2n) is 3.87. The molecule has 0 aromatic carbocycles. The van der Waals surface area contributed by atoms with Crippen molar-refractivity contribution in [2.75, 3.05) is 13.1 Å². The molecule has 76 valence electrons. The number of hydrogen-bond acceptors (Lipinski definition) is 2. The number of likely N-dealkylation sites (tertiary alicyclic amines) is 1. The Morgan fingerprint density at radius 3 is 2.54 bits per heavy atom. The van der Waals surface area contributed by atoms with Crippen LogP contribution in [0.15, 0.2) is 0 Å². The molecule has 1 aliphatic rings. The van der Waals surface area contributed by atoms with Crippen molar-refractivity contribution in [1.29, 1.82) is 0 Å². The van der Waals surface area contributed by atoms with Gasteiger partial charge in [-0.15, -0.1) is 0 Å². The van der Waals surface area contributed by atoms with E-state index in [9.17, 15) is 9.18 Å². The molecular weight excluding hydrogens is 171 g/mol. The van der Waals surface area contributed by atoms with Gasteiger partial charge in [-0.25, -0.2) is 4.39 Å². The molecule has 4 heteroatoms. The van der Waals surface area contributed by atoms with Crippen LogP contribution in [0.5, 0.6) is 0 Å². The van der Waals surface area contributed by atoms with Crippen molar-refractivity contribution in [3.8, 4) is 0 Å². The van der Waals surface area contributed by atoms with Crippen molar-refractivity contribution in [2.45, 2.75) is 39.0 Å². The number of halogens is 1. The van der Waals surface area contributed by atoms with Gasteiger partial charge in [0, 0.05) is 19.5 Å². The van der Waals surface area contributed by atoms with Gasteiger partial charge in [0.2, 0.25) is 5.91 Å². The lowest BCUT2D eigenvalue weighted by Gasteiger charge is -2.17. The molecular formula is C9H17FN2O. The Morgan fingerprint density at radius 2 is 2.15 bits per heavy atom. The van der Waals surface area contributed by atoms with Gasteiger partial charge >= 0.3 is 0 Å². The molecule has 0 spiro atoms. The van der Waals surface area contributed by atoms with Gasteiger partial charge in [-0.05, 0) is 0 Å². The van der Waals surface area contributed by atoms with E-state index in [1.807, 2.05) is 13.8 Å². The molecule has 0 bridgehead atoms. The molecule has 0 aromatic heterocycles. The normalized spacial score (nSPS) is 28.5. The average Bonchev–Trinajstić information content (AvgIpc) is 2.31. The van der Waals surface area contributed by atoms with Crippen molar-refractivity contribution < 1.29 is 9.18 Å². The Bertz CT molecular complexity index is 196. The zero-order valence-corrected chi connectivity index (χ0v) is 8.38. The van der Waals surface area contributed by atoms with Crippen LogP contribution < -0.4 is 5.32 Å². The molecule has 3 nitrogen and oxygen atoms in total. The fraction of sp³-hybridized carbons (Fsp3) is 0.889. The van der Waals surface area contributed by atoms with E-state index in [2.05, 4.69) is 5.32 Å². The third-order valence-corrected chi connectivity index (χ3v) is 2.24. The molecule has 0 aromatic rings. The number of amides is 1. The summed E-state index contributed by atoms with van der Waals surface area (Å²) in [5, 5.41) is 3.11. The summed E-state index contributed by atoms with van der Waals surface area (Å²) in [5.74, 6) is -0.0456. The number of nitrogens with zero attached hydrogens (tertiary/aromatic N) is 1. The minimum atomic E-state index is -0.925. The summed E-state index contributed by atoms with van der Waals surface area (Å²) in [6.45, 7) is 6.16. The number of nitrogens with one attached hydrogen (secondary N) is 1. The predicted octanol–water partition coefficient (Wildman–Crippen LogP) is 0.553. The van der Waals surface area contributed by atoms with Crippen LogP contribution in [0.4, 0.5) is 4.39 Å². The van der Waals surface area contributed by atoms with Gasteiger partial charge in [-0.1, -0.05) is 13.8 Å². The van der Waals surface area contributed by atoms with Crippen LogP contribution in [0.25, 0.3) is 0 Å². The van der Waals surface area contributed by atoms with E-state index in [1.54, 1.807) is 4.90 Å². The largest absolute Gasteiger partial charge is 0.338 e. The fourth-order valence-corrected chi connectivity index (χ4v) is 1.61. The van der Waals surface area contributed by atoms with Crippen LogP contribution in [0.3, 0.4) is 0 Å². The summed E-state index contributed by atoms with van der Waals surface area (Å²) in [5.41, 5.74) is 0. The fourth-order valence-electron chi connectivity index (χ4n) is 1.61. The highest BCUT2D eigenvalue weighted by Gasteiger charge is 2.33. The first-order valence-electron chi connectivity index (χ1n) is 4.66. The second kappa shape index (κ2) is 4.05. The Kier molecular flexibility index (Phi) is 3.25. The molecule has 0 saturated carbocycles. The van der Waals surface area contributed by atoms with Gasteiger partial charge in [0.05, 0.1) is 12.6 Å². The molecule has 1 amide bonds. The van der Waals surface area contributed by atoms with Crippen molar-refractivity contribution >= 4 is 5.91 Å². The molecule has 1 rings (SSSR count). The Balaban J connectivity index is 2.46. The summed E-state index contributed by atoms with van der Waals surface area (Å²) in [6.07, 6.45) is -0.925. The average molecular weight is 188 g/mol. The quantitative estimate of drug-likeness (QED) is 0.686. The minimum Gasteiger partial charge on any atom is -0.338 e. The molecule has 13 heavy (non-hydrogen) atoms. The lowest BCUT2D eigenvalue weighted by atomic mass is 10.2. The first-order valence-corrected chi connectivity index (χ1v) is 4.66. The molecule has 2 atom stereocenters. The molecule has 1 aliphatic heterocycles. The highest BCUT2D eigenvalue weighted by Crippen LogP contribution is 2.13. The number of carbonyl (C=O) groups is 1. The standard InChI is InChI=1S/C9H17FN2O/c1-6(2)11-9-5-12(7(3)13)4-8(9)10/h6,8-9,11H,4-5H2,1-3H3/t8-,9-/m0/s1. The first kappa shape index (κ1) is 10.4. The van der Waals surface area contributed by atoms with E-state index in [0.29, 0.717) is 6.54 Å². The molecule has 1 heterocycles. The SMILES string of the molecule is CC(=O)N1C[C@H](NC(C)C)[C@@H](F)C1. The topological polar surface area (TPSA) is 32.3 Å². The zero-order chi connectivity index (χ0) is 10.0. The van der Waals surface area contributed by atoms with Gasteiger partial charge in [0.15, 0.2) is 0 Å². The van der Waals surface area contributed by atoms with Crippen LogP contribution in [0.2, 0.25) is 0 Å². The van der Waals surface area contributed by atoms with Crippen molar-refractivity contribution in [3.05, 3.63) is 0 Å². The van der Waals surface area contributed by atoms with Crippen LogP contribution >= 0.6 is 0 Å². The number of rotatable bonds is 2. The maximum Gasteiger partial charge on any atom is 0.219 e. The monoisotopic (exact) mass is 188 g/mol. The molecule has 1 saturated heterocycles. The van der Waals surface area contributed by atoms with E-state index in [0.717, 1.165) is 0 Å². The molecule has 0 aliphatic carbocycles. The number of hydrogen-bond donors (Lipinski definition) is 1. The summed E-state index contributed by atoms with van der Waals surface area (Å²) in [7, 11) is 0. The minimum absolute atomic E-state index is 0.0456. The summed E-state index contributed by atoms with van der Waals surface area (Å²) < 4.78 is 13.3. The van der Waals surface area contributed by atoms with Gasteiger partial charge in [-0.3, -0.25) is 4.79 Å². The molecule has 1 fully saturated rings. The van der Waals surface area contributed by atoms with Crippen molar-refractivity contribution in [1.82, 2.24) is 10.2 Å². The van der Waals surface area contributed by atoms with Crippen LogP contribution in [0.1, 0.15) is 20.8 Å². The molecule has 0 unspecified atom stereocenters.